The third-order valence-electron chi connectivity index (χ3n) is 3.88. The Hall–Kier alpha value is -2.04. The van der Waals surface area contributed by atoms with E-state index in [4.69, 9.17) is 9.84 Å². The van der Waals surface area contributed by atoms with Crippen molar-refractivity contribution >= 4 is 27.3 Å². The summed E-state index contributed by atoms with van der Waals surface area (Å²) in [4.78, 5) is 10.9. The molecule has 0 amide bonds. The summed E-state index contributed by atoms with van der Waals surface area (Å²) >= 11 is 0.971. The van der Waals surface area contributed by atoms with Crippen LogP contribution in [0.2, 0.25) is 0 Å². The molecule has 0 radical (unpaired) electrons. The number of halogens is 2. The van der Waals surface area contributed by atoms with Gasteiger partial charge in [0.05, 0.1) is 7.11 Å². The van der Waals surface area contributed by atoms with Crippen molar-refractivity contribution in [3.8, 4) is 5.75 Å². The van der Waals surface area contributed by atoms with Gasteiger partial charge in [-0.1, -0.05) is 0 Å². The fourth-order valence-electron chi connectivity index (χ4n) is 2.68. The van der Waals surface area contributed by atoms with Crippen molar-refractivity contribution in [2.75, 3.05) is 13.7 Å². The number of carboxylic acid groups (broad SMARTS) is 1. The molecule has 25 heavy (non-hydrogen) atoms. The van der Waals surface area contributed by atoms with Crippen molar-refractivity contribution in [1.29, 1.82) is 0 Å². The van der Waals surface area contributed by atoms with Crippen molar-refractivity contribution in [3.05, 3.63) is 45.2 Å². The molecule has 1 aliphatic rings. The lowest BCUT2D eigenvalue weighted by Gasteiger charge is -2.26. The van der Waals surface area contributed by atoms with E-state index in [-0.39, 0.29) is 24.4 Å². The zero-order valence-electron chi connectivity index (χ0n) is 13.0. The standard InChI is InChI=1S/C15H13F2NO5S2/c1-23-13-9(16)2-3-10(17)14(13)25(21,22)18-5-4-8-6-11(15(19)20)24-12(8)7-18/h2-3,6H,4-5,7H2,1H3,(H,19,20). The molecular weight excluding hydrogens is 376 g/mol. The lowest BCUT2D eigenvalue weighted by Crippen LogP contribution is -2.36. The van der Waals surface area contributed by atoms with Crippen LogP contribution in [0.25, 0.3) is 0 Å². The summed E-state index contributed by atoms with van der Waals surface area (Å²) in [5.74, 6) is -3.86. The number of rotatable bonds is 4. The van der Waals surface area contributed by atoms with E-state index in [1.54, 1.807) is 0 Å². The molecule has 10 heteroatoms. The maximum absolute atomic E-state index is 14.1. The highest BCUT2D eigenvalue weighted by Crippen LogP contribution is 2.36. The normalized spacial score (nSPS) is 15.0. The first-order valence-corrected chi connectivity index (χ1v) is 9.38. The van der Waals surface area contributed by atoms with Crippen LogP contribution in [0.3, 0.4) is 0 Å². The Kier molecular flexibility index (Phi) is 4.52. The molecule has 0 fully saturated rings. The minimum atomic E-state index is -4.36. The van der Waals surface area contributed by atoms with E-state index in [9.17, 15) is 22.0 Å². The molecule has 0 atom stereocenters. The number of thiophene rings is 1. The number of hydrogen-bond acceptors (Lipinski definition) is 5. The van der Waals surface area contributed by atoms with Gasteiger partial charge in [0.1, 0.15) is 10.7 Å². The minimum absolute atomic E-state index is 0.0320. The molecule has 2 heterocycles. The lowest BCUT2D eigenvalue weighted by molar-refractivity contribution is 0.0702. The van der Waals surface area contributed by atoms with Crippen LogP contribution in [0.15, 0.2) is 23.1 Å². The first-order chi connectivity index (χ1) is 11.8. The average molecular weight is 389 g/mol. The number of nitrogens with zero attached hydrogens (tertiary/aromatic N) is 1. The van der Waals surface area contributed by atoms with E-state index < -0.39 is 38.3 Å². The second-order valence-electron chi connectivity index (χ2n) is 5.34. The van der Waals surface area contributed by atoms with Crippen molar-refractivity contribution in [1.82, 2.24) is 4.31 Å². The molecule has 0 saturated heterocycles. The number of fused-ring (bicyclic) bond motifs is 1. The highest BCUT2D eigenvalue weighted by Gasteiger charge is 2.35. The fourth-order valence-corrected chi connectivity index (χ4v) is 5.45. The van der Waals surface area contributed by atoms with E-state index in [0.717, 1.165) is 40.4 Å². The van der Waals surface area contributed by atoms with Gasteiger partial charge in [-0.05, 0) is 30.2 Å². The number of benzene rings is 1. The molecule has 0 spiro atoms. The molecule has 134 valence electrons. The Bertz CT molecular complexity index is 955. The zero-order valence-corrected chi connectivity index (χ0v) is 14.6. The molecule has 0 aliphatic carbocycles. The number of methoxy groups -OCH3 is 1. The monoisotopic (exact) mass is 389 g/mol. The molecular formula is C15H13F2NO5S2. The van der Waals surface area contributed by atoms with Gasteiger partial charge in [-0.2, -0.15) is 4.31 Å². The number of hydrogen-bond donors (Lipinski definition) is 1. The van der Waals surface area contributed by atoms with Gasteiger partial charge in [0.15, 0.2) is 16.5 Å². The van der Waals surface area contributed by atoms with Gasteiger partial charge in [0.25, 0.3) is 0 Å². The maximum Gasteiger partial charge on any atom is 0.345 e. The van der Waals surface area contributed by atoms with E-state index in [1.165, 1.54) is 6.07 Å². The second kappa shape index (κ2) is 6.36. The molecule has 0 saturated carbocycles. The van der Waals surface area contributed by atoms with E-state index in [2.05, 4.69) is 0 Å². The third kappa shape index (κ3) is 3.00. The minimum Gasteiger partial charge on any atom is -0.492 e. The van der Waals surface area contributed by atoms with Crippen LogP contribution in [0.5, 0.6) is 5.75 Å². The van der Waals surface area contributed by atoms with Crippen LogP contribution >= 0.6 is 11.3 Å². The van der Waals surface area contributed by atoms with Gasteiger partial charge < -0.3 is 9.84 Å². The van der Waals surface area contributed by atoms with Gasteiger partial charge in [-0.3, -0.25) is 0 Å². The van der Waals surface area contributed by atoms with E-state index in [1.807, 2.05) is 0 Å². The summed E-state index contributed by atoms with van der Waals surface area (Å²) in [6, 6.07) is 3.03. The Morgan fingerprint density at radius 3 is 2.64 bits per heavy atom. The first kappa shape index (κ1) is 17.8. The van der Waals surface area contributed by atoms with Gasteiger partial charge in [-0.25, -0.2) is 22.0 Å². The highest BCUT2D eigenvalue weighted by molar-refractivity contribution is 7.89. The summed E-state index contributed by atoms with van der Waals surface area (Å²) < 4.78 is 59.3. The molecule has 1 N–H and O–H groups in total. The lowest BCUT2D eigenvalue weighted by atomic mass is 10.1. The number of aromatic carboxylic acids is 1. The predicted octanol–water partition coefficient (Wildman–Crippen LogP) is 2.48. The fraction of sp³-hybridized carbons (Fsp3) is 0.267. The maximum atomic E-state index is 14.1. The number of carbonyl (C=O) groups is 1. The first-order valence-electron chi connectivity index (χ1n) is 7.12. The molecule has 2 aromatic rings. The number of carboxylic acids is 1. The SMILES string of the molecule is COc1c(F)ccc(F)c1S(=O)(=O)N1CCc2cc(C(=O)O)sc2C1. The highest BCUT2D eigenvalue weighted by atomic mass is 32.2. The summed E-state index contributed by atoms with van der Waals surface area (Å²) in [6.45, 7) is -0.0705. The Morgan fingerprint density at radius 2 is 2.00 bits per heavy atom. The van der Waals surface area contributed by atoms with Crippen molar-refractivity contribution in [3.63, 3.8) is 0 Å². The second-order valence-corrected chi connectivity index (χ2v) is 8.36. The third-order valence-corrected chi connectivity index (χ3v) is 6.91. The average Bonchev–Trinajstić information content (AvgIpc) is 3.00. The smallest absolute Gasteiger partial charge is 0.345 e. The summed E-state index contributed by atoms with van der Waals surface area (Å²) in [5, 5.41) is 9.04. The molecule has 1 aromatic carbocycles. The summed E-state index contributed by atoms with van der Waals surface area (Å²) in [7, 11) is -3.30. The van der Waals surface area contributed by atoms with Crippen molar-refractivity contribution in [2.24, 2.45) is 0 Å². The zero-order chi connectivity index (χ0) is 18.4. The Balaban J connectivity index is 2.02. The van der Waals surface area contributed by atoms with Crippen LogP contribution in [0, 0.1) is 11.6 Å². The molecule has 1 aromatic heterocycles. The summed E-state index contributed by atoms with van der Waals surface area (Å²) in [5.41, 5.74) is 0.750. The van der Waals surface area contributed by atoms with Crippen LogP contribution in [0.4, 0.5) is 8.78 Å². The predicted molar refractivity (Wildman–Crippen MR) is 85.5 cm³/mol. The Morgan fingerprint density at radius 1 is 1.32 bits per heavy atom. The van der Waals surface area contributed by atoms with E-state index in [0.29, 0.717) is 4.88 Å². The van der Waals surface area contributed by atoms with Crippen LogP contribution in [0.1, 0.15) is 20.1 Å². The van der Waals surface area contributed by atoms with Gasteiger partial charge in [0.2, 0.25) is 10.0 Å². The summed E-state index contributed by atoms with van der Waals surface area (Å²) in [6.07, 6.45) is 0.289. The molecule has 1 aliphatic heterocycles. The molecule has 6 nitrogen and oxygen atoms in total. The largest absolute Gasteiger partial charge is 0.492 e. The quantitative estimate of drug-likeness (QED) is 0.869. The topological polar surface area (TPSA) is 83.9 Å². The van der Waals surface area contributed by atoms with Crippen LogP contribution in [-0.2, 0) is 23.0 Å². The molecule has 3 rings (SSSR count). The van der Waals surface area contributed by atoms with Crippen molar-refractivity contribution in [2.45, 2.75) is 17.9 Å². The van der Waals surface area contributed by atoms with Gasteiger partial charge in [0, 0.05) is 18.0 Å². The molecule has 0 bridgehead atoms. The van der Waals surface area contributed by atoms with Crippen LogP contribution < -0.4 is 4.74 Å². The molecule has 0 unspecified atom stereocenters. The van der Waals surface area contributed by atoms with Gasteiger partial charge >= 0.3 is 5.97 Å². The van der Waals surface area contributed by atoms with E-state index >= 15 is 0 Å². The number of ether oxygens (including phenoxy) is 1. The van der Waals surface area contributed by atoms with Crippen LogP contribution in [-0.4, -0.2) is 37.5 Å². The van der Waals surface area contributed by atoms with Crippen molar-refractivity contribution < 1.29 is 31.8 Å². The Labute approximate surface area is 146 Å². The van der Waals surface area contributed by atoms with Gasteiger partial charge in [-0.15, -0.1) is 11.3 Å². The number of sulfonamides is 1.